The Morgan fingerprint density at radius 2 is 2.12 bits per heavy atom. The van der Waals surface area contributed by atoms with Crippen LogP contribution in [0.2, 0.25) is 0 Å². The summed E-state index contributed by atoms with van der Waals surface area (Å²) in [5.41, 5.74) is 2.56. The quantitative estimate of drug-likeness (QED) is 0.769. The maximum Gasteiger partial charge on any atom is 0.115 e. The molecule has 0 amide bonds. The highest BCUT2D eigenvalue weighted by Crippen LogP contribution is 2.26. The van der Waals surface area contributed by atoms with Crippen LogP contribution in [0.15, 0.2) is 12.5 Å². The number of hydrogen-bond acceptors (Lipinski definition) is 4. The first-order chi connectivity index (χ1) is 8.36. The molecule has 1 aromatic heterocycles. The second kappa shape index (κ2) is 4.70. The molecule has 4 nitrogen and oxygen atoms in total. The van der Waals surface area contributed by atoms with Crippen LogP contribution in [0.4, 0.5) is 0 Å². The Kier molecular flexibility index (Phi) is 3.07. The standard InChI is InChI=1S/C13H20N4/c1-2-16-5-3-12(4-6-16)17-8-11-7-14-10-15-13(11)9-17/h7,10,12H,2-6,8-9H2,1H3. The minimum Gasteiger partial charge on any atom is -0.303 e. The molecule has 2 aliphatic heterocycles. The predicted molar refractivity (Wildman–Crippen MR) is 66.4 cm³/mol. The monoisotopic (exact) mass is 232 g/mol. The van der Waals surface area contributed by atoms with E-state index in [0.717, 1.165) is 19.1 Å². The van der Waals surface area contributed by atoms with Gasteiger partial charge in [0.1, 0.15) is 6.33 Å². The molecule has 1 fully saturated rings. The summed E-state index contributed by atoms with van der Waals surface area (Å²) in [5.74, 6) is 0. The number of aromatic nitrogens is 2. The second-order valence-electron chi connectivity index (χ2n) is 5.07. The fraction of sp³-hybridized carbons (Fsp3) is 0.692. The van der Waals surface area contributed by atoms with E-state index in [2.05, 4.69) is 26.7 Å². The molecule has 0 unspecified atom stereocenters. The summed E-state index contributed by atoms with van der Waals surface area (Å²) in [6.07, 6.45) is 6.25. The SMILES string of the molecule is CCN1CCC(N2Cc3cncnc3C2)CC1. The molecule has 0 saturated carbocycles. The Morgan fingerprint density at radius 1 is 1.29 bits per heavy atom. The lowest BCUT2D eigenvalue weighted by molar-refractivity contribution is 0.109. The van der Waals surface area contributed by atoms with Crippen LogP contribution in [0, 0.1) is 0 Å². The maximum atomic E-state index is 4.37. The molecule has 3 rings (SSSR count). The van der Waals surface area contributed by atoms with Crippen molar-refractivity contribution in [1.29, 1.82) is 0 Å². The van der Waals surface area contributed by atoms with Crippen LogP contribution in [-0.4, -0.2) is 45.4 Å². The van der Waals surface area contributed by atoms with Gasteiger partial charge in [0.05, 0.1) is 5.69 Å². The zero-order valence-electron chi connectivity index (χ0n) is 10.5. The summed E-state index contributed by atoms with van der Waals surface area (Å²) in [4.78, 5) is 13.6. The van der Waals surface area contributed by atoms with E-state index in [1.54, 1.807) is 6.33 Å². The minimum absolute atomic E-state index is 0.743. The zero-order valence-corrected chi connectivity index (χ0v) is 10.5. The molecular weight excluding hydrogens is 212 g/mol. The summed E-state index contributed by atoms with van der Waals surface area (Å²) in [5, 5.41) is 0. The fourth-order valence-electron chi connectivity index (χ4n) is 2.98. The fourth-order valence-corrected chi connectivity index (χ4v) is 2.98. The van der Waals surface area contributed by atoms with Crippen molar-refractivity contribution in [3.05, 3.63) is 23.8 Å². The number of likely N-dealkylation sites (tertiary alicyclic amines) is 1. The highest BCUT2D eigenvalue weighted by atomic mass is 15.2. The third kappa shape index (κ3) is 2.19. The topological polar surface area (TPSA) is 32.3 Å². The molecule has 3 heterocycles. The molecule has 1 aromatic rings. The number of rotatable bonds is 2. The van der Waals surface area contributed by atoms with Gasteiger partial charge in [-0.25, -0.2) is 9.97 Å². The summed E-state index contributed by atoms with van der Waals surface area (Å²) in [6, 6.07) is 0.743. The summed E-state index contributed by atoms with van der Waals surface area (Å²) >= 11 is 0. The Labute approximate surface area is 103 Å². The molecule has 0 N–H and O–H groups in total. The van der Waals surface area contributed by atoms with Gasteiger partial charge in [-0.15, -0.1) is 0 Å². The third-order valence-corrected chi connectivity index (χ3v) is 4.13. The van der Waals surface area contributed by atoms with Gasteiger partial charge < -0.3 is 4.90 Å². The van der Waals surface area contributed by atoms with Crippen LogP contribution in [0.5, 0.6) is 0 Å². The van der Waals surface area contributed by atoms with Crippen molar-refractivity contribution in [2.75, 3.05) is 19.6 Å². The van der Waals surface area contributed by atoms with Crippen LogP contribution in [0.25, 0.3) is 0 Å². The number of piperidine rings is 1. The molecule has 0 bridgehead atoms. The van der Waals surface area contributed by atoms with Crippen LogP contribution in [0.1, 0.15) is 31.0 Å². The van der Waals surface area contributed by atoms with Gasteiger partial charge in [0.2, 0.25) is 0 Å². The molecule has 0 radical (unpaired) electrons. The van der Waals surface area contributed by atoms with Gasteiger partial charge in [-0.2, -0.15) is 0 Å². The van der Waals surface area contributed by atoms with Gasteiger partial charge >= 0.3 is 0 Å². The lowest BCUT2D eigenvalue weighted by atomic mass is 10.0. The molecular formula is C13H20N4. The number of nitrogens with zero attached hydrogens (tertiary/aromatic N) is 4. The normalized spacial score (nSPS) is 22.9. The van der Waals surface area contributed by atoms with Crippen LogP contribution in [-0.2, 0) is 13.1 Å². The van der Waals surface area contributed by atoms with E-state index in [-0.39, 0.29) is 0 Å². The van der Waals surface area contributed by atoms with Gasteiger partial charge in [-0.3, -0.25) is 4.90 Å². The first-order valence-electron chi connectivity index (χ1n) is 6.61. The molecule has 92 valence electrons. The lowest BCUT2D eigenvalue weighted by Crippen LogP contribution is -2.42. The Balaban J connectivity index is 1.62. The van der Waals surface area contributed by atoms with E-state index in [0.29, 0.717) is 0 Å². The van der Waals surface area contributed by atoms with Crippen molar-refractivity contribution in [3.63, 3.8) is 0 Å². The highest BCUT2D eigenvalue weighted by Gasteiger charge is 2.29. The van der Waals surface area contributed by atoms with E-state index in [1.165, 1.54) is 43.7 Å². The van der Waals surface area contributed by atoms with Crippen molar-refractivity contribution in [2.24, 2.45) is 0 Å². The van der Waals surface area contributed by atoms with E-state index in [4.69, 9.17) is 0 Å². The Morgan fingerprint density at radius 3 is 2.82 bits per heavy atom. The first kappa shape index (κ1) is 11.1. The highest BCUT2D eigenvalue weighted by molar-refractivity contribution is 5.20. The third-order valence-electron chi connectivity index (χ3n) is 4.13. The second-order valence-corrected chi connectivity index (χ2v) is 5.07. The first-order valence-corrected chi connectivity index (χ1v) is 6.61. The summed E-state index contributed by atoms with van der Waals surface area (Å²) < 4.78 is 0. The molecule has 0 aromatic carbocycles. The van der Waals surface area contributed by atoms with E-state index < -0.39 is 0 Å². The van der Waals surface area contributed by atoms with Gasteiger partial charge in [-0.05, 0) is 32.5 Å². The average Bonchev–Trinajstić information content (AvgIpc) is 2.82. The number of fused-ring (bicyclic) bond motifs is 1. The van der Waals surface area contributed by atoms with Crippen LogP contribution in [0.3, 0.4) is 0 Å². The smallest absolute Gasteiger partial charge is 0.115 e. The summed E-state index contributed by atoms with van der Waals surface area (Å²) in [7, 11) is 0. The Bertz CT molecular complexity index is 360. The molecule has 4 heteroatoms. The van der Waals surface area contributed by atoms with Gasteiger partial charge in [0.15, 0.2) is 0 Å². The van der Waals surface area contributed by atoms with E-state index in [1.807, 2.05) is 6.20 Å². The zero-order chi connectivity index (χ0) is 11.7. The molecule has 0 atom stereocenters. The molecule has 1 saturated heterocycles. The van der Waals surface area contributed by atoms with Gasteiger partial charge in [-0.1, -0.05) is 6.92 Å². The van der Waals surface area contributed by atoms with Crippen LogP contribution < -0.4 is 0 Å². The molecule has 17 heavy (non-hydrogen) atoms. The van der Waals surface area contributed by atoms with E-state index in [9.17, 15) is 0 Å². The largest absolute Gasteiger partial charge is 0.303 e. The average molecular weight is 232 g/mol. The van der Waals surface area contributed by atoms with Crippen LogP contribution >= 0.6 is 0 Å². The van der Waals surface area contributed by atoms with Crippen molar-refractivity contribution in [3.8, 4) is 0 Å². The van der Waals surface area contributed by atoms with Gasteiger partial charge in [0.25, 0.3) is 0 Å². The molecule has 0 spiro atoms. The van der Waals surface area contributed by atoms with Crippen molar-refractivity contribution < 1.29 is 0 Å². The Hall–Kier alpha value is -1.00. The van der Waals surface area contributed by atoms with Crippen molar-refractivity contribution in [2.45, 2.75) is 38.9 Å². The van der Waals surface area contributed by atoms with Crippen molar-refractivity contribution in [1.82, 2.24) is 19.8 Å². The minimum atomic E-state index is 0.743. The molecule has 2 aliphatic rings. The maximum absolute atomic E-state index is 4.37. The summed E-state index contributed by atoms with van der Waals surface area (Å²) in [6.45, 7) is 8.01. The lowest BCUT2D eigenvalue weighted by Gasteiger charge is -2.36. The molecule has 0 aliphatic carbocycles. The van der Waals surface area contributed by atoms with Gasteiger partial charge in [0, 0.05) is 30.9 Å². The van der Waals surface area contributed by atoms with E-state index >= 15 is 0 Å². The predicted octanol–water partition coefficient (Wildman–Crippen LogP) is 1.28. The number of hydrogen-bond donors (Lipinski definition) is 0. The van der Waals surface area contributed by atoms with Crippen molar-refractivity contribution >= 4 is 0 Å².